The molecule has 1 aliphatic heterocycles. The maximum absolute atomic E-state index is 5.95. The third-order valence-corrected chi connectivity index (χ3v) is 3.97. The summed E-state index contributed by atoms with van der Waals surface area (Å²) in [4.78, 5) is 6.83. The van der Waals surface area contributed by atoms with Crippen LogP contribution in [-0.4, -0.2) is 40.6 Å². The molecule has 1 saturated heterocycles. The summed E-state index contributed by atoms with van der Waals surface area (Å²) in [5, 5.41) is 4.13. The van der Waals surface area contributed by atoms with Crippen molar-refractivity contribution in [1.82, 2.24) is 19.8 Å². The number of hydrogen-bond acceptors (Lipinski definition) is 3. The summed E-state index contributed by atoms with van der Waals surface area (Å²) in [6.07, 6.45) is 7.21. The Balaban J connectivity index is 1.65. The third-order valence-electron chi connectivity index (χ3n) is 3.61. The predicted octanol–water partition coefficient (Wildman–Crippen LogP) is 2.04. The van der Waals surface area contributed by atoms with Crippen molar-refractivity contribution in [1.29, 1.82) is 0 Å². The Morgan fingerprint density at radius 1 is 1.28 bits per heavy atom. The summed E-state index contributed by atoms with van der Waals surface area (Å²) < 4.78 is 1.92. The highest BCUT2D eigenvalue weighted by Crippen LogP contribution is 2.09. The first-order chi connectivity index (χ1) is 8.77. The molecule has 1 aromatic heterocycles. The monoisotopic (exact) mass is 270 g/mol. The second kappa shape index (κ2) is 7.12. The van der Waals surface area contributed by atoms with Gasteiger partial charge in [-0.15, -0.1) is 0 Å². The van der Waals surface area contributed by atoms with Crippen LogP contribution in [-0.2, 0) is 13.6 Å². The molecule has 0 saturated carbocycles. The van der Waals surface area contributed by atoms with Gasteiger partial charge in [-0.2, -0.15) is 0 Å². The number of nitrogens with one attached hydrogen (secondary N) is 1. The van der Waals surface area contributed by atoms with E-state index >= 15 is 0 Å². The molecule has 1 aromatic rings. The highest BCUT2D eigenvalue weighted by Gasteiger charge is 2.08. The Morgan fingerprint density at radius 2 is 2.00 bits per heavy atom. The van der Waals surface area contributed by atoms with Gasteiger partial charge in [-0.1, -0.05) is 24.4 Å². The Labute approximate surface area is 114 Å². The summed E-state index contributed by atoms with van der Waals surface area (Å²) >= 11 is 5.95. The molecule has 2 rings (SSSR count). The van der Waals surface area contributed by atoms with E-state index in [1.54, 1.807) is 6.20 Å². The summed E-state index contributed by atoms with van der Waals surface area (Å²) in [5.74, 6) is 0.996. The minimum absolute atomic E-state index is 0.694. The average molecular weight is 271 g/mol. The molecule has 0 bridgehead atoms. The van der Waals surface area contributed by atoms with Gasteiger partial charge in [-0.3, -0.25) is 0 Å². The molecular formula is C13H23ClN4. The van der Waals surface area contributed by atoms with Gasteiger partial charge in [-0.25, -0.2) is 4.98 Å². The number of aromatic nitrogens is 2. The maximum Gasteiger partial charge on any atom is 0.128 e. The van der Waals surface area contributed by atoms with Gasteiger partial charge in [-0.05, 0) is 25.9 Å². The lowest BCUT2D eigenvalue weighted by molar-refractivity contribution is 0.283. The van der Waals surface area contributed by atoms with E-state index in [4.69, 9.17) is 11.6 Å². The summed E-state index contributed by atoms with van der Waals surface area (Å²) in [6, 6.07) is 0. The van der Waals surface area contributed by atoms with Crippen LogP contribution in [0.15, 0.2) is 6.20 Å². The highest BCUT2D eigenvalue weighted by molar-refractivity contribution is 6.29. The smallest absolute Gasteiger partial charge is 0.128 e. The van der Waals surface area contributed by atoms with E-state index in [1.807, 2.05) is 11.6 Å². The van der Waals surface area contributed by atoms with Gasteiger partial charge in [0, 0.05) is 20.1 Å². The van der Waals surface area contributed by atoms with Crippen molar-refractivity contribution in [2.24, 2.45) is 7.05 Å². The normalized spacial score (nSPS) is 17.9. The second-order valence-electron chi connectivity index (χ2n) is 4.99. The van der Waals surface area contributed by atoms with E-state index < -0.39 is 0 Å². The Kier molecular flexibility index (Phi) is 5.47. The zero-order valence-corrected chi connectivity index (χ0v) is 11.9. The van der Waals surface area contributed by atoms with Crippen LogP contribution in [0.5, 0.6) is 0 Å². The second-order valence-corrected chi connectivity index (χ2v) is 5.38. The lowest BCUT2D eigenvalue weighted by Crippen LogP contribution is -2.33. The molecule has 18 heavy (non-hydrogen) atoms. The van der Waals surface area contributed by atoms with Gasteiger partial charge in [0.05, 0.1) is 12.7 Å². The lowest BCUT2D eigenvalue weighted by Gasteiger charge is -2.19. The molecule has 0 spiro atoms. The van der Waals surface area contributed by atoms with Crippen molar-refractivity contribution in [3.8, 4) is 0 Å². The SMILES string of the molecule is Cn1c(Cl)cnc1CNCCN1CCCCCC1. The van der Waals surface area contributed by atoms with Crippen molar-refractivity contribution in [2.45, 2.75) is 32.2 Å². The number of nitrogens with zero attached hydrogens (tertiary/aromatic N) is 3. The van der Waals surface area contributed by atoms with Crippen LogP contribution < -0.4 is 5.32 Å². The first kappa shape index (κ1) is 13.8. The topological polar surface area (TPSA) is 33.1 Å². The number of halogens is 1. The number of imidazole rings is 1. The number of hydrogen-bond donors (Lipinski definition) is 1. The first-order valence-electron chi connectivity index (χ1n) is 6.86. The van der Waals surface area contributed by atoms with Crippen molar-refractivity contribution in [2.75, 3.05) is 26.2 Å². The van der Waals surface area contributed by atoms with Crippen molar-refractivity contribution in [3.05, 3.63) is 17.2 Å². The van der Waals surface area contributed by atoms with E-state index in [0.717, 1.165) is 25.5 Å². The zero-order chi connectivity index (χ0) is 12.8. The zero-order valence-electron chi connectivity index (χ0n) is 11.2. The molecule has 0 aromatic carbocycles. The molecule has 0 amide bonds. The molecule has 0 unspecified atom stereocenters. The Bertz CT molecular complexity index is 356. The molecular weight excluding hydrogens is 248 g/mol. The molecule has 0 aliphatic carbocycles. The van der Waals surface area contributed by atoms with Gasteiger partial charge in [0.1, 0.15) is 11.0 Å². The van der Waals surface area contributed by atoms with Crippen LogP contribution in [0.1, 0.15) is 31.5 Å². The molecule has 5 heteroatoms. The van der Waals surface area contributed by atoms with E-state index in [9.17, 15) is 0 Å². The molecule has 1 aliphatic rings. The molecule has 0 radical (unpaired) electrons. The van der Waals surface area contributed by atoms with Crippen LogP contribution in [0.3, 0.4) is 0 Å². The van der Waals surface area contributed by atoms with Crippen molar-refractivity contribution in [3.63, 3.8) is 0 Å². The van der Waals surface area contributed by atoms with E-state index in [-0.39, 0.29) is 0 Å². The number of rotatable bonds is 5. The summed E-state index contributed by atoms with van der Waals surface area (Å²) in [5.41, 5.74) is 0. The fraction of sp³-hybridized carbons (Fsp3) is 0.769. The van der Waals surface area contributed by atoms with Gasteiger partial charge in [0.2, 0.25) is 0 Å². The van der Waals surface area contributed by atoms with Crippen molar-refractivity contribution >= 4 is 11.6 Å². The molecule has 0 atom stereocenters. The summed E-state index contributed by atoms with van der Waals surface area (Å²) in [7, 11) is 1.95. The van der Waals surface area contributed by atoms with Gasteiger partial charge in [0.25, 0.3) is 0 Å². The third kappa shape index (κ3) is 3.97. The number of likely N-dealkylation sites (tertiary alicyclic amines) is 1. The van der Waals surface area contributed by atoms with E-state index in [1.165, 1.54) is 38.8 Å². The first-order valence-corrected chi connectivity index (χ1v) is 7.24. The minimum Gasteiger partial charge on any atom is -0.321 e. The van der Waals surface area contributed by atoms with Crippen molar-refractivity contribution < 1.29 is 0 Å². The minimum atomic E-state index is 0.694. The van der Waals surface area contributed by atoms with E-state index in [0.29, 0.717) is 5.15 Å². The lowest BCUT2D eigenvalue weighted by atomic mass is 10.2. The van der Waals surface area contributed by atoms with Gasteiger partial charge >= 0.3 is 0 Å². The molecule has 2 heterocycles. The maximum atomic E-state index is 5.95. The Morgan fingerprint density at radius 3 is 2.61 bits per heavy atom. The largest absolute Gasteiger partial charge is 0.321 e. The molecule has 4 nitrogen and oxygen atoms in total. The van der Waals surface area contributed by atoms with Crippen LogP contribution in [0.4, 0.5) is 0 Å². The van der Waals surface area contributed by atoms with Gasteiger partial charge in [0.15, 0.2) is 0 Å². The summed E-state index contributed by atoms with van der Waals surface area (Å²) in [6.45, 7) is 5.46. The molecule has 102 valence electrons. The van der Waals surface area contributed by atoms with Crippen LogP contribution in [0.2, 0.25) is 5.15 Å². The Hall–Kier alpha value is -0.580. The molecule has 1 N–H and O–H groups in total. The quantitative estimate of drug-likeness (QED) is 0.832. The predicted molar refractivity (Wildman–Crippen MR) is 74.8 cm³/mol. The highest BCUT2D eigenvalue weighted by atomic mass is 35.5. The molecule has 1 fully saturated rings. The van der Waals surface area contributed by atoms with Crippen LogP contribution >= 0.6 is 11.6 Å². The van der Waals surface area contributed by atoms with Gasteiger partial charge < -0.3 is 14.8 Å². The van der Waals surface area contributed by atoms with Crippen LogP contribution in [0, 0.1) is 0 Å². The fourth-order valence-electron chi connectivity index (χ4n) is 2.39. The fourth-order valence-corrected chi connectivity index (χ4v) is 2.53. The van der Waals surface area contributed by atoms with E-state index in [2.05, 4.69) is 15.2 Å². The van der Waals surface area contributed by atoms with Crippen LogP contribution in [0.25, 0.3) is 0 Å². The standard InChI is InChI=1S/C13H23ClN4/c1-17-12(14)10-16-13(17)11-15-6-9-18-7-4-2-3-5-8-18/h10,15H,2-9,11H2,1H3. The average Bonchev–Trinajstić information content (AvgIpc) is 2.62.